The Hall–Kier alpha value is -1.22. The molecule has 1 aromatic carbocycles. The van der Waals surface area contributed by atoms with Crippen molar-refractivity contribution in [2.45, 2.75) is 64.6 Å². The first-order valence-corrected chi connectivity index (χ1v) is 8.26. The van der Waals surface area contributed by atoms with Crippen LogP contribution < -0.4 is 15.0 Å². The van der Waals surface area contributed by atoms with E-state index in [1.54, 1.807) is 0 Å². The molecule has 0 spiro atoms. The lowest BCUT2D eigenvalue weighted by molar-refractivity contribution is 0.103. The maximum Gasteiger partial charge on any atom is 0.143 e. The lowest BCUT2D eigenvalue weighted by Gasteiger charge is -2.43. The van der Waals surface area contributed by atoms with E-state index in [1.165, 1.54) is 30.6 Å². The van der Waals surface area contributed by atoms with Crippen molar-refractivity contribution in [3.63, 3.8) is 0 Å². The van der Waals surface area contributed by atoms with E-state index in [4.69, 9.17) is 4.74 Å². The molecule has 0 aliphatic carbocycles. The van der Waals surface area contributed by atoms with Gasteiger partial charge in [0.15, 0.2) is 0 Å². The Kier molecular flexibility index (Phi) is 3.87. The van der Waals surface area contributed by atoms with E-state index in [1.807, 2.05) is 0 Å². The molecule has 3 rings (SSSR count). The number of fused-ring (bicyclic) bond motifs is 1. The standard InChI is InChI=1S/C18H28N2O/c1-13(2)20-12-18(3,4)21-17-8-7-14(11-16(17)20)10-15-6-5-9-19-15/h7-8,11,13,15,19H,5-6,9-10,12H2,1-4H3. The minimum absolute atomic E-state index is 0.119. The van der Waals surface area contributed by atoms with E-state index in [0.717, 1.165) is 18.7 Å². The van der Waals surface area contributed by atoms with Gasteiger partial charge in [-0.3, -0.25) is 0 Å². The zero-order chi connectivity index (χ0) is 15.0. The summed E-state index contributed by atoms with van der Waals surface area (Å²) in [5, 5.41) is 3.59. The summed E-state index contributed by atoms with van der Waals surface area (Å²) in [5.41, 5.74) is 2.56. The van der Waals surface area contributed by atoms with Gasteiger partial charge in [0.1, 0.15) is 11.4 Å². The van der Waals surface area contributed by atoms with Crippen LogP contribution in [0.5, 0.6) is 5.75 Å². The highest BCUT2D eigenvalue weighted by Gasteiger charge is 2.33. The number of nitrogens with zero attached hydrogens (tertiary/aromatic N) is 1. The molecule has 0 radical (unpaired) electrons. The van der Waals surface area contributed by atoms with Crippen LogP contribution in [-0.4, -0.2) is 30.8 Å². The maximum absolute atomic E-state index is 6.17. The summed E-state index contributed by atoms with van der Waals surface area (Å²) in [7, 11) is 0. The quantitative estimate of drug-likeness (QED) is 0.923. The summed E-state index contributed by atoms with van der Waals surface area (Å²) < 4.78 is 6.17. The molecule has 3 nitrogen and oxygen atoms in total. The molecule has 1 saturated heterocycles. The molecular weight excluding hydrogens is 260 g/mol. The molecule has 21 heavy (non-hydrogen) atoms. The number of anilines is 1. The van der Waals surface area contributed by atoms with Gasteiger partial charge in [-0.05, 0) is 71.2 Å². The monoisotopic (exact) mass is 288 g/mol. The number of ether oxygens (including phenoxy) is 1. The fourth-order valence-electron chi connectivity index (χ4n) is 3.50. The second kappa shape index (κ2) is 5.53. The van der Waals surface area contributed by atoms with Gasteiger partial charge in [-0.25, -0.2) is 0 Å². The summed E-state index contributed by atoms with van der Waals surface area (Å²) in [6.45, 7) is 11.0. The average Bonchev–Trinajstić information content (AvgIpc) is 2.90. The van der Waals surface area contributed by atoms with Crippen LogP contribution in [0, 0.1) is 0 Å². The topological polar surface area (TPSA) is 24.5 Å². The number of nitrogens with one attached hydrogen (secondary N) is 1. The van der Waals surface area contributed by atoms with E-state index < -0.39 is 0 Å². The lowest BCUT2D eigenvalue weighted by atomic mass is 9.99. The second-order valence-corrected chi connectivity index (χ2v) is 7.38. The van der Waals surface area contributed by atoms with Crippen molar-refractivity contribution in [2.24, 2.45) is 0 Å². The first-order chi connectivity index (χ1) is 9.94. The molecule has 2 heterocycles. The second-order valence-electron chi connectivity index (χ2n) is 7.38. The fraction of sp³-hybridized carbons (Fsp3) is 0.667. The summed E-state index contributed by atoms with van der Waals surface area (Å²) in [5.74, 6) is 1.03. The average molecular weight is 288 g/mol. The molecule has 1 fully saturated rings. The Morgan fingerprint density at radius 2 is 2.19 bits per heavy atom. The van der Waals surface area contributed by atoms with E-state index in [-0.39, 0.29) is 5.60 Å². The number of rotatable bonds is 3. The molecule has 3 heteroatoms. The smallest absolute Gasteiger partial charge is 0.143 e. The molecule has 1 aromatic rings. The van der Waals surface area contributed by atoms with Gasteiger partial charge in [0.2, 0.25) is 0 Å². The summed E-state index contributed by atoms with van der Waals surface area (Å²) in [6.07, 6.45) is 3.74. The van der Waals surface area contributed by atoms with Crippen molar-refractivity contribution in [1.82, 2.24) is 5.32 Å². The Labute approximate surface area is 128 Å². The minimum Gasteiger partial charge on any atom is -0.484 e. The lowest BCUT2D eigenvalue weighted by Crippen LogP contribution is -2.49. The Balaban J connectivity index is 1.87. The Morgan fingerprint density at radius 3 is 2.86 bits per heavy atom. The maximum atomic E-state index is 6.17. The Bertz CT molecular complexity index is 504. The molecule has 116 valence electrons. The number of hydrogen-bond acceptors (Lipinski definition) is 3. The van der Waals surface area contributed by atoms with Crippen LogP contribution in [0.3, 0.4) is 0 Å². The van der Waals surface area contributed by atoms with Gasteiger partial charge in [-0.2, -0.15) is 0 Å². The molecule has 2 aliphatic heterocycles. The van der Waals surface area contributed by atoms with Gasteiger partial charge in [-0.1, -0.05) is 6.07 Å². The fourth-order valence-corrected chi connectivity index (χ4v) is 3.50. The van der Waals surface area contributed by atoms with Crippen molar-refractivity contribution >= 4 is 5.69 Å². The summed E-state index contributed by atoms with van der Waals surface area (Å²) in [4.78, 5) is 2.48. The van der Waals surface area contributed by atoms with Gasteiger partial charge in [-0.15, -0.1) is 0 Å². The van der Waals surface area contributed by atoms with Gasteiger partial charge >= 0.3 is 0 Å². The van der Waals surface area contributed by atoms with Gasteiger partial charge in [0, 0.05) is 12.1 Å². The highest BCUT2D eigenvalue weighted by molar-refractivity contribution is 5.62. The molecule has 0 amide bonds. The Morgan fingerprint density at radius 1 is 1.38 bits per heavy atom. The van der Waals surface area contributed by atoms with Crippen LogP contribution in [0.15, 0.2) is 18.2 Å². The van der Waals surface area contributed by atoms with Crippen molar-refractivity contribution in [2.75, 3.05) is 18.0 Å². The van der Waals surface area contributed by atoms with E-state index in [0.29, 0.717) is 12.1 Å². The highest BCUT2D eigenvalue weighted by atomic mass is 16.5. The largest absolute Gasteiger partial charge is 0.484 e. The minimum atomic E-state index is -0.119. The number of benzene rings is 1. The first-order valence-electron chi connectivity index (χ1n) is 8.26. The van der Waals surface area contributed by atoms with E-state index in [2.05, 4.69) is 56.1 Å². The number of hydrogen-bond donors (Lipinski definition) is 1. The zero-order valence-corrected chi connectivity index (χ0v) is 13.8. The van der Waals surface area contributed by atoms with Crippen LogP contribution >= 0.6 is 0 Å². The van der Waals surface area contributed by atoms with Crippen LogP contribution in [-0.2, 0) is 6.42 Å². The summed E-state index contributed by atoms with van der Waals surface area (Å²) >= 11 is 0. The van der Waals surface area contributed by atoms with Gasteiger partial charge in [0.25, 0.3) is 0 Å². The molecule has 2 aliphatic rings. The third-order valence-electron chi connectivity index (χ3n) is 4.54. The van der Waals surface area contributed by atoms with E-state index >= 15 is 0 Å². The third-order valence-corrected chi connectivity index (χ3v) is 4.54. The van der Waals surface area contributed by atoms with Gasteiger partial charge < -0.3 is 15.0 Å². The van der Waals surface area contributed by atoms with Crippen LogP contribution in [0.25, 0.3) is 0 Å². The van der Waals surface area contributed by atoms with Crippen molar-refractivity contribution in [1.29, 1.82) is 0 Å². The molecule has 0 aromatic heterocycles. The van der Waals surface area contributed by atoms with Crippen LogP contribution in [0.1, 0.15) is 46.1 Å². The van der Waals surface area contributed by atoms with Crippen molar-refractivity contribution in [3.8, 4) is 5.75 Å². The van der Waals surface area contributed by atoms with Crippen molar-refractivity contribution in [3.05, 3.63) is 23.8 Å². The van der Waals surface area contributed by atoms with Crippen LogP contribution in [0.4, 0.5) is 5.69 Å². The third kappa shape index (κ3) is 3.18. The molecule has 1 N–H and O–H groups in total. The molecule has 0 bridgehead atoms. The zero-order valence-electron chi connectivity index (χ0n) is 13.8. The highest BCUT2D eigenvalue weighted by Crippen LogP contribution is 2.39. The predicted octanol–water partition coefficient (Wildman–Crippen LogP) is 3.37. The predicted molar refractivity (Wildman–Crippen MR) is 88.4 cm³/mol. The van der Waals surface area contributed by atoms with E-state index in [9.17, 15) is 0 Å². The molecular formula is C18H28N2O. The first kappa shape index (κ1) is 14.7. The summed E-state index contributed by atoms with van der Waals surface area (Å²) in [6, 6.07) is 7.88. The van der Waals surface area contributed by atoms with Crippen molar-refractivity contribution < 1.29 is 4.74 Å². The normalized spacial score (nSPS) is 24.0. The van der Waals surface area contributed by atoms with Gasteiger partial charge in [0.05, 0.1) is 12.2 Å². The molecule has 0 saturated carbocycles. The molecule has 1 unspecified atom stereocenters. The molecule has 1 atom stereocenters. The SMILES string of the molecule is CC(C)N1CC(C)(C)Oc2ccc(CC3CCCN3)cc21. The van der Waals surface area contributed by atoms with Crippen LogP contribution in [0.2, 0.25) is 0 Å².